The summed E-state index contributed by atoms with van der Waals surface area (Å²) < 4.78 is 39.3. The minimum absolute atomic E-state index is 0.128. The highest BCUT2D eigenvalue weighted by Crippen LogP contribution is 2.46. The number of benzene rings is 2. The van der Waals surface area contributed by atoms with Crippen molar-refractivity contribution in [1.29, 1.82) is 0 Å². The maximum Gasteiger partial charge on any atom is 0.435 e. The number of nitrogens with zero attached hydrogens (tertiary/aromatic N) is 3. The van der Waals surface area contributed by atoms with E-state index in [0.717, 1.165) is 39.3 Å². The van der Waals surface area contributed by atoms with Crippen LogP contribution in [0, 0.1) is 0 Å². The van der Waals surface area contributed by atoms with Gasteiger partial charge in [0, 0.05) is 23.2 Å². The van der Waals surface area contributed by atoms with Crippen LogP contribution >= 0.6 is 11.8 Å². The van der Waals surface area contributed by atoms with Crippen LogP contribution in [0.5, 0.6) is 0 Å². The molecule has 6 nitrogen and oxygen atoms in total. The third kappa shape index (κ3) is 3.65. The lowest BCUT2D eigenvalue weighted by Crippen LogP contribution is -2.18. The molecule has 1 aliphatic rings. The molecular weight excluding hydrogens is 437 g/mol. The molecule has 2 aromatic heterocycles. The number of rotatable bonds is 4. The van der Waals surface area contributed by atoms with Gasteiger partial charge in [0.25, 0.3) is 0 Å². The largest absolute Gasteiger partial charge is 0.435 e. The molecule has 4 aromatic rings. The Morgan fingerprint density at radius 1 is 1.16 bits per heavy atom. The van der Waals surface area contributed by atoms with Gasteiger partial charge in [0.15, 0.2) is 5.69 Å². The lowest BCUT2D eigenvalue weighted by Gasteiger charge is -2.26. The van der Waals surface area contributed by atoms with Crippen molar-refractivity contribution < 1.29 is 13.2 Å². The van der Waals surface area contributed by atoms with Crippen molar-refractivity contribution in [2.75, 3.05) is 4.90 Å². The minimum atomic E-state index is -4.50. The van der Waals surface area contributed by atoms with E-state index < -0.39 is 17.2 Å². The van der Waals surface area contributed by atoms with Gasteiger partial charge < -0.3 is 10.6 Å². The Bertz CT molecular complexity index is 1310. The molecule has 0 fully saturated rings. The van der Waals surface area contributed by atoms with Gasteiger partial charge in [0.1, 0.15) is 5.37 Å². The van der Waals surface area contributed by atoms with Crippen molar-refractivity contribution in [3.8, 4) is 11.1 Å². The summed E-state index contributed by atoms with van der Waals surface area (Å²) in [5.74, 6) is 0. The van der Waals surface area contributed by atoms with Crippen molar-refractivity contribution in [2.45, 2.75) is 24.5 Å². The lowest BCUT2D eigenvalue weighted by molar-refractivity contribution is -0.141. The summed E-state index contributed by atoms with van der Waals surface area (Å²) in [5.41, 5.74) is 10.1. The molecule has 5 rings (SSSR count). The number of thioether (sulfide) groups is 1. The van der Waals surface area contributed by atoms with E-state index in [0.29, 0.717) is 5.69 Å². The number of fused-ring (bicyclic) bond motifs is 1. The summed E-state index contributed by atoms with van der Waals surface area (Å²) >= 11 is 1.40. The zero-order chi connectivity index (χ0) is 22.5. The van der Waals surface area contributed by atoms with E-state index in [9.17, 15) is 13.2 Å². The maximum absolute atomic E-state index is 13.1. The molecule has 0 spiro atoms. The average Bonchev–Trinajstić information content (AvgIpc) is 3.51. The highest BCUT2D eigenvalue weighted by Gasteiger charge is 2.36. The Morgan fingerprint density at radius 2 is 2.00 bits per heavy atom. The quantitative estimate of drug-likeness (QED) is 0.366. The molecule has 1 unspecified atom stereocenters. The molecule has 0 amide bonds. The van der Waals surface area contributed by atoms with Crippen molar-refractivity contribution in [3.05, 3.63) is 77.2 Å². The number of nitrogens with two attached hydrogens (primary N) is 1. The molecule has 0 saturated heterocycles. The minimum Gasteiger partial charge on any atom is -0.328 e. The van der Waals surface area contributed by atoms with Crippen LogP contribution in [0.4, 0.5) is 18.9 Å². The molecule has 4 N–H and O–H groups in total. The topological polar surface area (TPSA) is 86.6 Å². The fraction of sp³-hybridized carbons (Fsp3) is 0.182. The summed E-state index contributed by atoms with van der Waals surface area (Å²) in [4.78, 5) is 1.94. The van der Waals surface area contributed by atoms with E-state index in [1.165, 1.54) is 11.8 Å². The summed E-state index contributed by atoms with van der Waals surface area (Å²) in [5, 5.41) is 15.5. The summed E-state index contributed by atoms with van der Waals surface area (Å²) in [7, 11) is 0. The summed E-state index contributed by atoms with van der Waals surface area (Å²) in [6, 6.07) is 12.9. The predicted molar refractivity (Wildman–Crippen MR) is 120 cm³/mol. The van der Waals surface area contributed by atoms with Crippen LogP contribution in [0.2, 0.25) is 0 Å². The normalized spacial score (nSPS) is 17.4. The van der Waals surface area contributed by atoms with Crippen LogP contribution in [0.3, 0.4) is 0 Å². The number of aromatic nitrogens is 4. The Balaban J connectivity index is 1.63. The van der Waals surface area contributed by atoms with Gasteiger partial charge >= 0.3 is 6.18 Å². The fourth-order valence-corrected chi connectivity index (χ4v) is 4.70. The molecule has 32 heavy (non-hydrogen) atoms. The Labute approximate surface area is 185 Å². The van der Waals surface area contributed by atoms with Gasteiger partial charge in [0.05, 0.1) is 23.1 Å². The van der Waals surface area contributed by atoms with Crippen molar-refractivity contribution >= 4 is 28.4 Å². The van der Waals surface area contributed by atoms with Gasteiger partial charge in [-0.2, -0.15) is 23.4 Å². The SMILES string of the molecule is CC(N)c1cccc(-c2cc3cn[nH]c3cc2N2C=CS[C@@H]2c2cc(C(F)(F)F)n[nH]2)c1. The molecule has 0 aliphatic carbocycles. The molecule has 1 aliphatic heterocycles. The van der Waals surface area contributed by atoms with E-state index in [-0.39, 0.29) is 6.04 Å². The van der Waals surface area contributed by atoms with E-state index >= 15 is 0 Å². The van der Waals surface area contributed by atoms with Gasteiger partial charge in [-0.15, -0.1) is 11.8 Å². The van der Waals surface area contributed by atoms with Crippen LogP contribution in [0.25, 0.3) is 22.0 Å². The standard InChI is InChI=1S/C22H19F3N6S/c1-12(26)13-3-2-4-14(7-13)16-8-15-11-27-28-17(15)9-19(16)31-5-6-32-21(31)18-10-20(30-29-18)22(23,24)25/h2-12,21H,26H2,1H3,(H,27,28)(H,29,30)/t12?,21-/m1/s1. The van der Waals surface area contributed by atoms with E-state index in [1.54, 1.807) is 6.20 Å². The first-order valence-electron chi connectivity index (χ1n) is 9.87. The van der Waals surface area contributed by atoms with Gasteiger partial charge in [-0.3, -0.25) is 10.2 Å². The number of anilines is 1. The molecule has 164 valence electrons. The predicted octanol–water partition coefficient (Wildman–Crippen LogP) is 5.71. The second-order valence-corrected chi connectivity index (χ2v) is 8.62. The van der Waals surface area contributed by atoms with Crippen molar-refractivity contribution in [2.24, 2.45) is 5.73 Å². The zero-order valence-electron chi connectivity index (χ0n) is 16.9. The average molecular weight is 456 g/mol. The number of aromatic amines is 2. The first-order chi connectivity index (χ1) is 15.3. The van der Waals surface area contributed by atoms with Crippen LogP contribution in [-0.2, 0) is 6.18 Å². The molecule has 0 saturated carbocycles. The zero-order valence-corrected chi connectivity index (χ0v) is 17.7. The number of halogens is 3. The molecule has 2 aromatic carbocycles. The highest BCUT2D eigenvalue weighted by molar-refractivity contribution is 8.02. The Kier molecular flexibility index (Phi) is 4.98. The van der Waals surface area contributed by atoms with E-state index in [4.69, 9.17) is 5.73 Å². The monoisotopic (exact) mass is 456 g/mol. The summed E-state index contributed by atoms with van der Waals surface area (Å²) in [6.07, 6.45) is -0.899. The maximum atomic E-state index is 13.1. The Morgan fingerprint density at radius 3 is 2.75 bits per heavy atom. The highest BCUT2D eigenvalue weighted by atomic mass is 32.2. The smallest absolute Gasteiger partial charge is 0.328 e. The third-order valence-electron chi connectivity index (χ3n) is 5.39. The number of hydrogen-bond donors (Lipinski definition) is 3. The van der Waals surface area contributed by atoms with Gasteiger partial charge in [-0.1, -0.05) is 18.2 Å². The van der Waals surface area contributed by atoms with Gasteiger partial charge in [0.2, 0.25) is 0 Å². The van der Waals surface area contributed by atoms with E-state index in [2.05, 4.69) is 20.4 Å². The second kappa shape index (κ2) is 7.72. The van der Waals surface area contributed by atoms with Gasteiger partial charge in [-0.05, 0) is 47.7 Å². The van der Waals surface area contributed by atoms with Gasteiger partial charge in [-0.25, -0.2) is 0 Å². The second-order valence-electron chi connectivity index (χ2n) is 7.63. The van der Waals surface area contributed by atoms with Crippen LogP contribution in [-0.4, -0.2) is 20.4 Å². The first kappa shape index (κ1) is 20.7. The van der Waals surface area contributed by atoms with E-state index in [1.807, 2.05) is 59.8 Å². The first-order valence-corrected chi connectivity index (χ1v) is 10.8. The Hall–Kier alpha value is -3.24. The third-order valence-corrected chi connectivity index (χ3v) is 6.41. The number of nitrogens with one attached hydrogen (secondary N) is 2. The number of alkyl halides is 3. The van der Waals surface area contributed by atoms with Crippen molar-refractivity contribution in [3.63, 3.8) is 0 Å². The number of H-pyrrole nitrogens is 2. The summed E-state index contributed by atoms with van der Waals surface area (Å²) in [6.45, 7) is 1.92. The molecular formula is C22H19F3N6S. The van der Waals surface area contributed by atoms with Crippen LogP contribution in [0.1, 0.15) is 35.3 Å². The molecule has 0 radical (unpaired) electrons. The van der Waals surface area contributed by atoms with Crippen LogP contribution in [0.15, 0.2) is 60.3 Å². The molecule has 3 heterocycles. The fourth-order valence-electron chi connectivity index (χ4n) is 3.77. The van der Waals surface area contributed by atoms with Crippen LogP contribution < -0.4 is 10.6 Å². The molecule has 2 atom stereocenters. The molecule has 0 bridgehead atoms. The lowest BCUT2D eigenvalue weighted by atomic mass is 9.97. The van der Waals surface area contributed by atoms with Crippen molar-refractivity contribution in [1.82, 2.24) is 20.4 Å². The molecule has 10 heteroatoms. The number of hydrogen-bond acceptors (Lipinski definition) is 5.